The number of carbonyl (C=O) groups excluding carboxylic acids is 2. The lowest BCUT2D eigenvalue weighted by Gasteiger charge is -2.25. The Labute approximate surface area is 247 Å². The first kappa shape index (κ1) is 30.4. The Morgan fingerprint density at radius 1 is 0.571 bits per heavy atom. The first-order chi connectivity index (χ1) is 19.8. The Morgan fingerprint density at radius 3 is 1.21 bits per heavy atom. The molecule has 42 heavy (non-hydrogen) atoms. The van der Waals surface area contributed by atoms with Crippen LogP contribution in [0.15, 0.2) is 84.9 Å². The normalized spacial score (nSPS) is 11.7. The summed E-state index contributed by atoms with van der Waals surface area (Å²) in [5.74, 6) is 0.0546. The molecular formula is C36H38O6. The third-order valence-corrected chi connectivity index (χ3v) is 6.97. The van der Waals surface area contributed by atoms with Gasteiger partial charge in [-0.1, -0.05) is 102 Å². The molecule has 0 aliphatic carbocycles. The highest BCUT2D eigenvalue weighted by molar-refractivity contribution is 6.11. The average molecular weight is 567 g/mol. The Morgan fingerprint density at radius 2 is 0.905 bits per heavy atom. The van der Waals surface area contributed by atoms with Crippen molar-refractivity contribution in [2.24, 2.45) is 0 Å². The Hall–Kier alpha value is -4.58. The average Bonchev–Trinajstić information content (AvgIpc) is 2.94. The summed E-state index contributed by atoms with van der Waals surface area (Å²) >= 11 is 0. The molecule has 0 aromatic heterocycles. The lowest BCUT2D eigenvalue weighted by Crippen LogP contribution is -2.19. The minimum absolute atomic E-state index is 0.142. The minimum atomic E-state index is -0.373. The molecule has 6 nitrogen and oxygen atoms in total. The van der Waals surface area contributed by atoms with Crippen molar-refractivity contribution < 1.29 is 29.3 Å². The summed E-state index contributed by atoms with van der Waals surface area (Å²) in [5, 5.41) is 21.5. The molecule has 0 bridgehead atoms. The molecule has 0 radical (unpaired) electrons. The van der Waals surface area contributed by atoms with Gasteiger partial charge in [0, 0.05) is 34.4 Å². The van der Waals surface area contributed by atoms with Crippen molar-refractivity contribution in [2.75, 3.05) is 13.2 Å². The van der Waals surface area contributed by atoms with Crippen LogP contribution in [-0.2, 0) is 10.8 Å². The van der Waals surface area contributed by atoms with Gasteiger partial charge in [0.1, 0.15) is 36.2 Å². The van der Waals surface area contributed by atoms with Crippen molar-refractivity contribution in [1.29, 1.82) is 0 Å². The van der Waals surface area contributed by atoms with Crippen molar-refractivity contribution in [3.8, 4) is 23.0 Å². The second kappa shape index (κ2) is 12.1. The van der Waals surface area contributed by atoms with E-state index >= 15 is 0 Å². The van der Waals surface area contributed by atoms with E-state index in [-0.39, 0.29) is 58.2 Å². The van der Waals surface area contributed by atoms with Gasteiger partial charge < -0.3 is 19.7 Å². The maximum Gasteiger partial charge on any atom is 0.196 e. The van der Waals surface area contributed by atoms with E-state index in [1.54, 1.807) is 60.7 Å². The van der Waals surface area contributed by atoms with Gasteiger partial charge in [-0.05, 0) is 23.0 Å². The predicted molar refractivity (Wildman–Crippen MR) is 164 cm³/mol. The van der Waals surface area contributed by atoms with Gasteiger partial charge in [-0.2, -0.15) is 0 Å². The molecule has 0 spiro atoms. The van der Waals surface area contributed by atoms with E-state index in [1.807, 2.05) is 53.7 Å². The fourth-order valence-electron chi connectivity index (χ4n) is 4.71. The largest absolute Gasteiger partial charge is 0.507 e. The van der Waals surface area contributed by atoms with Crippen LogP contribution in [0, 0.1) is 0 Å². The number of ether oxygens (including phenoxy) is 2. The Balaban J connectivity index is 1.54. The number of rotatable bonds is 9. The number of aromatic hydroxyl groups is 2. The van der Waals surface area contributed by atoms with E-state index in [2.05, 4.69) is 0 Å². The number of phenolic OH excluding ortho intramolecular Hbond substituents is 2. The molecule has 0 aliphatic rings. The molecule has 0 aliphatic heterocycles. The third-order valence-electron chi connectivity index (χ3n) is 6.97. The summed E-state index contributed by atoms with van der Waals surface area (Å²) in [4.78, 5) is 26.2. The van der Waals surface area contributed by atoms with E-state index in [0.29, 0.717) is 22.6 Å². The molecule has 0 amide bonds. The van der Waals surface area contributed by atoms with E-state index in [9.17, 15) is 19.8 Å². The number of hydrogen-bond donors (Lipinski definition) is 2. The molecule has 0 saturated carbocycles. The summed E-state index contributed by atoms with van der Waals surface area (Å²) < 4.78 is 12.1. The van der Waals surface area contributed by atoms with Gasteiger partial charge >= 0.3 is 0 Å². The van der Waals surface area contributed by atoms with E-state index in [4.69, 9.17) is 9.47 Å². The van der Waals surface area contributed by atoms with Crippen LogP contribution >= 0.6 is 0 Å². The highest BCUT2D eigenvalue weighted by Crippen LogP contribution is 2.39. The molecule has 0 atom stereocenters. The second-order valence-electron chi connectivity index (χ2n) is 12.3. The quantitative estimate of drug-likeness (QED) is 0.160. The molecule has 0 heterocycles. The highest BCUT2D eigenvalue weighted by Gasteiger charge is 2.26. The molecule has 4 rings (SSSR count). The predicted octanol–water partition coefficient (Wildman–Crippen LogP) is 7.61. The van der Waals surface area contributed by atoms with Crippen LogP contribution in [0.5, 0.6) is 23.0 Å². The summed E-state index contributed by atoms with van der Waals surface area (Å²) in [6.45, 7) is 12.3. The molecule has 4 aromatic carbocycles. The topological polar surface area (TPSA) is 93.1 Å². The SMILES string of the molecule is CC(C)(C)c1cc(C(=O)c2ccccc2)c(O)cc1OCCOc1cc(O)c(C(=O)c2ccccc2)cc1C(C)(C)C. The van der Waals surface area contributed by atoms with Crippen molar-refractivity contribution >= 4 is 11.6 Å². The number of carbonyl (C=O) groups is 2. The van der Waals surface area contributed by atoms with Crippen molar-refractivity contribution in [3.05, 3.63) is 118 Å². The van der Waals surface area contributed by atoms with Gasteiger partial charge in [0.05, 0.1) is 11.1 Å². The van der Waals surface area contributed by atoms with Crippen LogP contribution in [0.25, 0.3) is 0 Å². The molecule has 2 N–H and O–H groups in total. The highest BCUT2D eigenvalue weighted by atomic mass is 16.5. The zero-order valence-corrected chi connectivity index (χ0v) is 25.0. The second-order valence-corrected chi connectivity index (χ2v) is 12.3. The molecule has 0 fully saturated rings. The zero-order valence-electron chi connectivity index (χ0n) is 25.0. The molecule has 6 heteroatoms. The fraction of sp³-hybridized carbons (Fsp3) is 0.278. The number of benzene rings is 4. The monoisotopic (exact) mass is 566 g/mol. The summed E-state index contributed by atoms with van der Waals surface area (Å²) in [5.41, 5.74) is 2.21. The number of phenols is 2. The van der Waals surface area contributed by atoms with Crippen LogP contribution in [-0.4, -0.2) is 35.0 Å². The number of ketones is 2. The van der Waals surface area contributed by atoms with Crippen LogP contribution in [0.3, 0.4) is 0 Å². The van der Waals surface area contributed by atoms with Gasteiger partial charge in [-0.25, -0.2) is 0 Å². The maximum atomic E-state index is 13.1. The maximum absolute atomic E-state index is 13.1. The van der Waals surface area contributed by atoms with Crippen molar-refractivity contribution in [2.45, 2.75) is 52.4 Å². The smallest absolute Gasteiger partial charge is 0.196 e. The fourth-order valence-corrected chi connectivity index (χ4v) is 4.71. The Bertz CT molecular complexity index is 1450. The standard InChI is InChI=1S/C36H38O6/c1-35(2,3)27-19-25(33(39)23-13-9-7-10-14-23)29(37)21-31(27)41-17-18-42-32-22-30(38)26(20-28(32)36(4,5)6)34(40)24-15-11-8-12-16-24/h7-16,19-22,37-38H,17-18H2,1-6H3. The minimum Gasteiger partial charge on any atom is -0.507 e. The lowest BCUT2D eigenvalue weighted by molar-refractivity contribution is 0.102. The van der Waals surface area contributed by atoms with E-state index in [0.717, 1.165) is 11.1 Å². The number of hydrogen-bond acceptors (Lipinski definition) is 6. The molecular weight excluding hydrogens is 528 g/mol. The molecule has 0 unspecified atom stereocenters. The summed E-state index contributed by atoms with van der Waals surface area (Å²) in [6.07, 6.45) is 0. The van der Waals surface area contributed by atoms with Gasteiger partial charge in [-0.3, -0.25) is 9.59 Å². The van der Waals surface area contributed by atoms with E-state index in [1.165, 1.54) is 12.1 Å². The third kappa shape index (κ3) is 6.82. The lowest BCUT2D eigenvalue weighted by atomic mass is 9.84. The molecule has 0 saturated heterocycles. The van der Waals surface area contributed by atoms with Gasteiger partial charge in [0.15, 0.2) is 11.6 Å². The Kier molecular flexibility index (Phi) is 8.76. The van der Waals surface area contributed by atoms with Crippen LogP contribution < -0.4 is 9.47 Å². The van der Waals surface area contributed by atoms with Gasteiger partial charge in [0.25, 0.3) is 0 Å². The first-order valence-electron chi connectivity index (χ1n) is 14.0. The summed E-state index contributed by atoms with van der Waals surface area (Å²) in [7, 11) is 0. The van der Waals surface area contributed by atoms with E-state index < -0.39 is 0 Å². The van der Waals surface area contributed by atoms with Gasteiger partial charge in [0.2, 0.25) is 0 Å². The van der Waals surface area contributed by atoms with Crippen LogP contribution in [0.4, 0.5) is 0 Å². The molecule has 4 aromatic rings. The van der Waals surface area contributed by atoms with Crippen LogP contribution in [0.2, 0.25) is 0 Å². The first-order valence-corrected chi connectivity index (χ1v) is 14.0. The van der Waals surface area contributed by atoms with Crippen LogP contribution in [0.1, 0.15) is 84.5 Å². The molecule has 218 valence electrons. The summed E-state index contributed by atoms with van der Waals surface area (Å²) in [6, 6.07) is 24.0. The van der Waals surface area contributed by atoms with Crippen molar-refractivity contribution in [3.63, 3.8) is 0 Å². The zero-order chi connectivity index (χ0) is 30.7. The van der Waals surface area contributed by atoms with Gasteiger partial charge in [-0.15, -0.1) is 0 Å². The van der Waals surface area contributed by atoms with Crippen molar-refractivity contribution in [1.82, 2.24) is 0 Å².